The highest BCUT2D eigenvalue weighted by atomic mass is 35.5. The molecule has 16 heavy (non-hydrogen) atoms. The Morgan fingerprint density at radius 1 is 1.19 bits per heavy atom. The van der Waals surface area contributed by atoms with Crippen LogP contribution in [0.1, 0.15) is 19.4 Å². The van der Waals surface area contributed by atoms with Gasteiger partial charge in [0.15, 0.2) is 0 Å². The highest BCUT2D eigenvalue weighted by Crippen LogP contribution is 2.26. The maximum atomic E-state index is 11.8. The first-order valence-electron chi connectivity index (χ1n) is 4.78. The Hall–Kier alpha value is -1.35. The molecular formula is C12H13ClO3. The molecule has 4 heteroatoms. The SMILES string of the molecule is COC(=O)C(=O)C(C)(C)c1ccc(Cl)cc1. The van der Waals surface area contributed by atoms with Crippen LogP contribution < -0.4 is 0 Å². The minimum atomic E-state index is -0.905. The second kappa shape index (κ2) is 4.66. The summed E-state index contributed by atoms with van der Waals surface area (Å²) in [6, 6.07) is 6.82. The third-order valence-electron chi connectivity index (χ3n) is 2.50. The van der Waals surface area contributed by atoms with Crippen molar-refractivity contribution >= 4 is 23.4 Å². The predicted octanol–water partition coefficient (Wildman–Crippen LogP) is 2.36. The van der Waals surface area contributed by atoms with Crippen molar-refractivity contribution in [3.63, 3.8) is 0 Å². The summed E-state index contributed by atoms with van der Waals surface area (Å²) in [6.45, 7) is 3.35. The van der Waals surface area contributed by atoms with Crippen LogP contribution in [0.4, 0.5) is 0 Å². The van der Waals surface area contributed by atoms with E-state index >= 15 is 0 Å². The fraction of sp³-hybridized carbons (Fsp3) is 0.333. The number of carbonyl (C=O) groups is 2. The fourth-order valence-electron chi connectivity index (χ4n) is 1.35. The van der Waals surface area contributed by atoms with Gasteiger partial charge in [0.25, 0.3) is 0 Å². The molecular weight excluding hydrogens is 228 g/mol. The quantitative estimate of drug-likeness (QED) is 0.602. The fourth-order valence-corrected chi connectivity index (χ4v) is 1.47. The zero-order chi connectivity index (χ0) is 12.3. The third kappa shape index (κ3) is 2.42. The lowest BCUT2D eigenvalue weighted by molar-refractivity contribution is -0.153. The van der Waals surface area contributed by atoms with Crippen LogP contribution in [-0.2, 0) is 19.7 Å². The van der Waals surface area contributed by atoms with E-state index in [4.69, 9.17) is 11.6 Å². The maximum absolute atomic E-state index is 11.8. The Labute approximate surface area is 99.4 Å². The molecule has 0 aliphatic heterocycles. The van der Waals surface area contributed by atoms with Gasteiger partial charge in [0, 0.05) is 5.02 Å². The zero-order valence-electron chi connectivity index (χ0n) is 9.41. The molecule has 1 aromatic rings. The first-order chi connectivity index (χ1) is 7.39. The normalized spacial score (nSPS) is 11.0. The molecule has 0 N–H and O–H groups in total. The number of esters is 1. The Morgan fingerprint density at radius 2 is 1.69 bits per heavy atom. The number of halogens is 1. The molecule has 3 nitrogen and oxygen atoms in total. The van der Waals surface area contributed by atoms with Crippen molar-refractivity contribution in [1.82, 2.24) is 0 Å². The van der Waals surface area contributed by atoms with E-state index in [9.17, 15) is 9.59 Å². The van der Waals surface area contributed by atoms with Crippen LogP contribution in [0.25, 0.3) is 0 Å². The first kappa shape index (κ1) is 12.7. The lowest BCUT2D eigenvalue weighted by atomic mass is 9.80. The number of ketones is 1. The summed E-state index contributed by atoms with van der Waals surface area (Å²) in [5.74, 6) is -1.41. The van der Waals surface area contributed by atoms with Gasteiger partial charge in [0.1, 0.15) is 0 Å². The van der Waals surface area contributed by atoms with Gasteiger partial charge in [0.05, 0.1) is 12.5 Å². The summed E-state index contributed by atoms with van der Waals surface area (Å²) in [5, 5.41) is 0.588. The van der Waals surface area contributed by atoms with Gasteiger partial charge >= 0.3 is 5.97 Å². The Bertz CT molecular complexity index is 407. The zero-order valence-corrected chi connectivity index (χ0v) is 10.2. The van der Waals surface area contributed by atoms with E-state index in [-0.39, 0.29) is 0 Å². The molecule has 0 atom stereocenters. The van der Waals surface area contributed by atoms with Crippen molar-refractivity contribution in [1.29, 1.82) is 0 Å². The van der Waals surface area contributed by atoms with Crippen molar-refractivity contribution in [2.45, 2.75) is 19.3 Å². The average Bonchev–Trinajstić information content (AvgIpc) is 2.27. The molecule has 0 fully saturated rings. The van der Waals surface area contributed by atoms with Gasteiger partial charge in [0.2, 0.25) is 5.78 Å². The van der Waals surface area contributed by atoms with E-state index in [1.165, 1.54) is 7.11 Å². The molecule has 0 bridgehead atoms. The number of methoxy groups -OCH3 is 1. The molecule has 0 aliphatic rings. The second-order valence-corrected chi connectivity index (χ2v) is 4.39. The largest absolute Gasteiger partial charge is 0.463 e. The van der Waals surface area contributed by atoms with Crippen molar-refractivity contribution in [3.8, 4) is 0 Å². The monoisotopic (exact) mass is 240 g/mol. The first-order valence-corrected chi connectivity index (χ1v) is 5.16. The molecule has 1 rings (SSSR count). The Morgan fingerprint density at radius 3 is 2.12 bits per heavy atom. The van der Waals surface area contributed by atoms with E-state index in [1.807, 2.05) is 0 Å². The van der Waals surface area contributed by atoms with Crippen molar-refractivity contribution < 1.29 is 14.3 Å². The molecule has 0 radical (unpaired) electrons. The Kier molecular flexibility index (Phi) is 3.70. The summed E-state index contributed by atoms with van der Waals surface area (Å²) >= 11 is 5.75. The lowest BCUT2D eigenvalue weighted by Gasteiger charge is -2.21. The van der Waals surface area contributed by atoms with Gasteiger partial charge in [-0.25, -0.2) is 4.79 Å². The predicted molar refractivity (Wildman–Crippen MR) is 61.5 cm³/mol. The van der Waals surface area contributed by atoms with E-state index in [1.54, 1.807) is 38.1 Å². The van der Waals surface area contributed by atoms with Crippen LogP contribution in [0.5, 0.6) is 0 Å². The summed E-state index contributed by atoms with van der Waals surface area (Å²) in [4.78, 5) is 23.0. The van der Waals surface area contributed by atoms with Crippen molar-refractivity contribution in [2.24, 2.45) is 0 Å². The molecule has 0 spiro atoms. The van der Waals surface area contributed by atoms with E-state index in [0.717, 1.165) is 5.56 Å². The van der Waals surface area contributed by atoms with E-state index in [2.05, 4.69) is 4.74 Å². The second-order valence-electron chi connectivity index (χ2n) is 3.95. The van der Waals surface area contributed by atoms with Crippen LogP contribution >= 0.6 is 11.6 Å². The highest BCUT2D eigenvalue weighted by molar-refractivity contribution is 6.37. The molecule has 0 heterocycles. The van der Waals surface area contributed by atoms with Gasteiger partial charge in [-0.3, -0.25) is 4.79 Å². The molecule has 0 amide bonds. The van der Waals surface area contributed by atoms with Crippen LogP contribution in [0.15, 0.2) is 24.3 Å². The van der Waals surface area contributed by atoms with Crippen LogP contribution in [0.3, 0.4) is 0 Å². The molecule has 0 aliphatic carbocycles. The molecule has 0 unspecified atom stereocenters. The minimum Gasteiger partial charge on any atom is -0.463 e. The molecule has 0 aromatic heterocycles. The lowest BCUT2D eigenvalue weighted by Crippen LogP contribution is -2.35. The van der Waals surface area contributed by atoms with Gasteiger partial charge in [-0.2, -0.15) is 0 Å². The minimum absolute atomic E-state index is 0.572. The highest BCUT2D eigenvalue weighted by Gasteiger charge is 2.35. The molecule has 0 saturated carbocycles. The number of Topliss-reactive ketones (excluding diaryl/α,β-unsaturated/α-hetero) is 1. The van der Waals surface area contributed by atoms with Gasteiger partial charge in [-0.1, -0.05) is 23.7 Å². The Balaban J connectivity index is 3.06. The van der Waals surface area contributed by atoms with Crippen molar-refractivity contribution in [2.75, 3.05) is 7.11 Å². The standard InChI is InChI=1S/C12H13ClO3/c1-12(2,10(14)11(15)16-3)8-4-6-9(13)7-5-8/h4-7H,1-3H3. The average molecular weight is 241 g/mol. The third-order valence-corrected chi connectivity index (χ3v) is 2.76. The van der Waals surface area contributed by atoms with Crippen LogP contribution in [-0.4, -0.2) is 18.9 Å². The number of hydrogen-bond donors (Lipinski definition) is 0. The summed E-state index contributed by atoms with van der Waals surface area (Å²) in [7, 11) is 1.19. The number of ether oxygens (including phenoxy) is 1. The van der Waals surface area contributed by atoms with E-state index < -0.39 is 17.2 Å². The van der Waals surface area contributed by atoms with Crippen LogP contribution in [0.2, 0.25) is 5.02 Å². The molecule has 0 saturated heterocycles. The van der Waals surface area contributed by atoms with E-state index in [0.29, 0.717) is 5.02 Å². The summed E-state index contributed by atoms with van der Waals surface area (Å²) in [5.41, 5.74) is -0.176. The van der Waals surface area contributed by atoms with Crippen LogP contribution in [0, 0.1) is 0 Å². The smallest absolute Gasteiger partial charge is 0.375 e. The summed E-state index contributed by atoms with van der Waals surface area (Å²) in [6.07, 6.45) is 0. The number of hydrogen-bond acceptors (Lipinski definition) is 3. The van der Waals surface area contributed by atoms with Gasteiger partial charge in [-0.15, -0.1) is 0 Å². The topological polar surface area (TPSA) is 43.4 Å². The van der Waals surface area contributed by atoms with Gasteiger partial charge < -0.3 is 4.74 Å². The number of carbonyl (C=O) groups excluding carboxylic acids is 2. The molecule has 1 aromatic carbocycles. The number of benzene rings is 1. The molecule has 86 valence electrons. The van der Waals surface area contributed by atoms with Gasteiger partial charge in [-0.05, 0) is 31.5 Å². The maximum Gasteiger partial charge on any atom is 0.375 e. The summed E-state index contributed by atoms with van der Waals surface area (Å²) < 4.78 is 4.43. The van der Waals surface area contributed by atoms with Crippen molar-refractivity contribution in [3.05, 3.63) is 34.9 Å². The number of rotatable bonds is 3.